The minimum Gasteiger partial charge on any atom is -0.748 e. The number of hydrogen-bond acceptors (Lipinski definition) is 12. The maximum Gasteiger partial charge on any atom is 1.00 e. The van der Waals surface area contributed by atoms with Gasteiger partial charge in [-0.2, -0.15) is 0 Å². The fourth-order valence-corrected chi connectivity index (χ4v) is 4.20. The first-order valence-corrected chi connectivity index (χ1v) is 13.2. The summed E-state index contributed by atoms with van der Waals surface area (Å²) in [5.41, 5.74) is 0. The van der Waals surface area contributed by atoms with E-state index in [4.69, 9.17) is 10.2 Å². The van der Waals surface area contributed by atoms with Gasteiger partial charge in [0.2, 0.25) is 0 Å². The van der Waals surface area contributed by atoms with Crippen LogP contribution in [0.25, 0.3) is 0 Å². The van der Waals surface area contributed by atoms with Gasteiger partial charge in [0.25, 0.3) is 0 Å². The van der Waals surface area contributed by atoms with Gasteiger partial charge in [0, 0.05) is 78.5 Å². The first kappa shape index (κ1) is 35.7. The number of aliphatic hydroxyl groups excluding tert-OH is 2. The molecule has 2 saturated heterocycles. The molecule has 0 unspecified atom stereocenters. The van der Waals surface area contributed by atoms with Gasteiger partial charge in [-0.1, -0.05) is 0 Å². The Hall–Kier alpha value is 1.58. The van der Waals surface area contributed by atoms with Crippen LogP contribution in [-0.2, 0) is 20.2 Å². The first-order valence-electron chi connectivity index (χ1n) is 10.0. The molecule has 32 heavy (non-hydrogen) atoms. The van der Waals surface area contributed by atoms with Crippen molar-refractivity contribution in [3.8, 4) is 0 Å². The van der Waals surface area contributed by atoms with E-state index in [0.717, 1.165) is 52.4 Å². The molecule has 12 nitrogen and oxygen atoms in total. The molecule has 180 valence electrons. The predicted octanol–water partition coefficient (Wildman–Crippen LogP) is -9.71. The molecule has 0 radical (unpaired) electrons. The maximum atomic E-state index is 10.4. The molecule has 0 amide bonds. The molecule has 2 aliphatic heterocycles. The van der Waals surface area contributed by atoms with Gasteiger partial charge < -0.3 is 19.3 Å². The number of nitrogens with zero attached hydrogens (tertiary/aromatic N) is 4. The Balaban J connectivity index is 0. The third kappa shape index (κ3) is 18.9. The van der Waals surface area contributed by atoms with Crippen LogP contribution in [0.2, 0.25) is 0 Å². The van der Waals surface area contributed by atoms with E-state index >= 15 is 0 Å². The molecule has 0 bridgehead atoms. The average molecular weight is 521 g/mol. The van der Waals surface area contributed by atoms with Crippen LogP contribution in [0.3, 0.4) is 0 Å². The van der Waals surface area contributed by atoms with Crippen molar-refractivity contribution in [2.45, 2.75) is 0 Å². The van der Waals surface area contributed by atoms with E-state index in [0.29, 0.717) is 26.2 Å². The molecule has 2 N–H and O–H groups in total. The van der Waals surface area contributed by atoms with Crippen LogP contribution in [0.4, 0.5) is 0 Å². The van der Waals surface area contributed by atoms with Crippen molar-refractivity contribution in [3.05, 3.63) is 0 Å². The van der Waals surface area contributed by atoms with E-state index in [1.165, 1.54) is 0 Å². The monoisotopic (exact) mass is 520 g/mol. The van der Waals surface area contributed by atoms with E-state index in [-0.39, 0.29) is 83.8 Å². The molecule has 0 saturated carbocycles. The van der Waals surface area contributed by atoms with Crippen LogP contribution in [0.1, 0.15) is 0 Å². The van der Waals surface area contributed by atoms with Crippen LogP contribution >= 0.6 is 0 Å². The summed E-state index contributed by atoms with van der Waals surface area (Å²) in [7, 11) is -8.19. The largest absolute Gasteiger partial charge is 1.00 e. The molecule has 2 heterocycles. The van der Waals surface area contributed by atoms with Crippen molar-refractivity contribution in [2.24, 2.45) is 0 Å². The average Bonchev–Trinajstić information content (AvgIpc) is 2.67. The maximum absolute atomic E-state index is 10.4. The fourth-order valence-electron chi connectivity index (χ4n) is 3.24. The Morgan fingerprint density at radius 1 is 0.531 bits per heavy atom. The summed E-state index contributed by atoms with van der Waals surface area (Å²) in [5.74, 6) is -0.625. The standard InChI is InChI=1S/2C8H18N2O4S.2Na/c2*11-7-5-9-1-3-10(4-2-9)6-8-15(12,13)14;;/h2*11H,1-8H2,(H,12,13,14);;/q;;2*+1/p-2. The SMILES string of the molecule is O=S(=O)([O-])CCN1CCN(CCO)CC1.O=S(=O)([O-])CCN1CCN(CCO)CC1.[Na+].[Na+]. The summed E-state index contributed by atoms with van der Waals surface area (Å²) in [4.78, 5) is 8.15. The zero-order chi connectivity index (χ0) is 22.6. The minimum absolute atomic E-state index is 0. The summed E-state index contributed by atoms with van der Waals surface area (Å²) in [6, 6.07) is 0. The molecule has 0 aromatic carbocycles. The van der Waals surface area contributed by atoms with Gasteiger partial charge in [0.1, 0.15) is 0 Å². The van der Waals surface area contributed by atoms with Crippen LogP contribution in [0.5, 0.6) is 0 Å². The second-order valence-corrected chi connectivity index (χ2v) is 10.4. The van der Waals surface area contributed by atoms with Crippen LogP contribution in [0.15, 0.2) is 0 Å². The Morgan fingerprint density at radius 2 is 0.750 bits per heavy atom. The number of rotatable bonds is 10. The zero-order valence-corrected chi connectivity index (χ0v) is 24.9. The van der Waals surface area contributed by atoms with Gasteiger partial charge in [0.05, 0.1) is 45.0 Å². The molecule has 2 rings (SSSR count). The second kappa shape index (κ2) is 18.8. The van der Waals surface area contributed by atoms with E-state index in [1.807, 2.05) is 9.80 Å². The van der Waals surface area contributed by atoms with Crippen molar-refractivity contribution in [3.63, 3.8) is 0 Å². The number of β-amino-alcohol motifs (C(OH)–C–C–N with tert-alkyl or cyclic N) is 2. The number of hydrogen-bond donors (Lipinski definition) is 2. The normalized spacial score (nSPS) is 19.4. The van der Waals surface area contributed by atoms with Crippen molar-refractivity contribution in [1.82, 2.24) is 19.6 Å². The van der Waals surface area contributed by atoms with Crippen molar-refractivity contribution in [2.75, 3.05) is 103 Å². The van der Waals surface area contributed by atoms with E-state index < -0.39 is 20.2 Å². The fraction of sp³-hybridized carbons (Fsp3) is 1.00. The van der Waals surface area contributed by atoms with E-state index in [9.17, 15) is 25.9 Å². The molecular weight excluding hydrogens is 486 g/mol. The topological polar surface area (TPSA) is 168 Å². The Bertz CT molecular complexity index is 614. The van der Waals surface area contributed by atoms with Gasteiger partial charge in [-0.25, -0.2) is 16.8 Å². The summed E-state index contributed by atoms with van der Waals surface area (Å²) in [6.45, 7) is 8.57. The van der Waals surface area contributed by atoms with Crippen molar-refractivity contribution in [1.29, 1.82) is 0 Å². The van der Waals surface area contributed by atoms with Crippen molar-refractivity contribution < 1.29 is 95.3 Å². The van der Waals surface area contributed by atoms with Gasteiger partial charge >= 0.3 is 59.1 Å². The Labute approximate surface area is 236 Å². The van der Waals surface area contributed by atoms with Gasteiger partial charge in [-0.3, -0.25) is 19.6 Å². The smallest absolute Gasteiger partial charge is 0.748 e. The Morgan fingerprint density at radius 3 is 0.938 bits per heavy atom. The van der Waals surface area contributed by atoms with Crippen molar-refractivity contribution >= 4 is 20.2 Å². The van der Waals surface area contributed by atoms with E-state index in [2.05, 4.69) is 9.80 Å². The van der Waals surface area contributed by atoms with Gasteiger partial charge in [0.15, 0.2) is 0 Å². The van der Waals surface area contributed by atoms with Gasteiger partial charge in [-0.15, -0.1) is 0 Å². The number of piperazine rings is 2. The first-order chi connectivity index (χ1) is 14.0. The summed E-state index contributed by atoms with van der Waals surface area (Å²) in [6.07, 6.45) is 0. The minimum atomic E-state index is -4.09. The van der Waals surface area contributed by atoms with Crippen LogP contribution < -0.4 is 59.1 Å². The quantitative estimate of drug-likeness (QED) is 0.206. The number of aliphatic hydroxyl groups is 2. The Kier molecular flexibility index (Phi) is 21.0. The van der Waals surface area contributed by atoms with Gasteiger partial charge in [-0.05, 0) is 0 Å². The molecule has 0 aliphatic carbocycles. The molecule has 0 atom stereocenters. The molecule has 2 fully saturated rings. The third-order valence-electron chi connectivity index (χ3n) is 5.08. The summed E-state index contributed by atoms with van der Waals surface area (Å²) < 4.78 is 62.5. The van der Waals surface area contributed by atoms with Crippen LogP contribution in [0, 0.1) is 0 Å². The van der Waals surface area contributed by atoms with Crippen LogP contribution in [-0.4, -0.2) is 159 Å². The predicted molar refractivity (Wildman–Crippen MR) is 109 cm³/mol. The summed E-state index contributed by atoms with van der Waals surface area (Å²) >= 11 is 0. The third-order valence-corrected chi connectivity index (χ3v) is 6.44. The molecule has 2 aliphatic rings. The zero-order valence-electron chi connectivity index (χ0n) is 19.3. The molecule has 0 aromatic heterocycles. The summed E-state index contributed by atoms with van der Waals surface area (Å²) in [5, 5.41) is 17.4. The molecular formula is C16H34N4Na2O8S2. The molecule has 0 aromatic rings. The molecule has 0 spiro atoms. The van der Waals surface area contributed by atoms with E-state index in [1.54, 1.807) is 0 Å². The molecule has 16 heteroatoms. The second-order valence-electron chi connectivity index (χ2n) is 7.34.